The normalized spacial score (nSPS) is 11.2. The molecule has 0 aliphatic heterocycles. The fourth-order valence-corrected chi connectivity index (χ4v) is 3.19. The van der Waals surface area contributed by atoms with Gasteiger partial charge in [0.1, 0.15) is 11.3 Å². The van der Waals surface area contributed by atoms with Crippen LogP contribution in [0.3, 0.4) is 0 Å². The lowest BCUT2D eigenvalue weighted by Crippen LogP contribution is -1.99. The van der Waals surface area contributed by atoms with Crippen molar-refractivity contribution in [2.75, 3.05) is 0 Å². The number of carbonyl (C=O) groups is 1. The van der Waals surface area contributed by atoms with Gasteiger partial charge >= 0.3 is 5.97 Å². The number of phenols is 1. The van der Waals surface area contributed by atoms with Crippen LogP contribution in [-0.4, -0.2) is 27.0 Å². The van der Waals surface area contributed by atoms with Gasteiger partial charge in [0.2, 0.25) is 0 Å². The van der Waals surface area contributed by atoms with E-state index in [9.17, 15) is 9.90 Å². The van der Waals surface area contributed by atoms with Crippen LogP contribution < -0.4 is 0 Å². The number of aliphatic imine (C=N–C) groups is 1. The van der Waals surface area contributed by atoms with E-state index in [1.807, 2.05) is 19.9 Å². The predicted octanol–water partition coefficient (Wildman–Crippen LogP) is 4.85. The molecule has 0 bridgehead atoms. The van der Waals surface area contributed by atoms with Crippen molar-refractivity contribution < 1.29 is 15.0 Å². The number of rotatable bonds is 4. The highest BCUT2D eigenvalue weighted by atomic mass is 127. The van der Waals surface area contributed by atoms with E-state index in [2.05, 4.69) is 56.4 Å². The monoisotopic (exact) mass is 460 g/mol. The molecule has 0 radical (unpaired) electrons. The number of carboxylic acids is 1. The first-order valence-electron chi connectivity index (χ1n) is 7.92. The van der Waals surface area contributed by atoms with E-state index in [0.717, 1.165) is 22.6 Å². The first kappa shape index (κ1) is 18.2. The van der Waals surface area contributed by atoms with Crippen LogP contribution in [0.5, 0.6) is 5.75 Å². The van der Waals surface area contributed by atoms with E-state index in [1.54, 1.807) is 12.3 Å². The smallest absolute Gasteiger partial charge is 0.339 e. The number of aromatic nitrogens is 1. The molecule has 0 amide bonds. The molecular weight excluding hydrogens is 443 g/mol. The Balaban J connectivity index is 1.95. The van der Waals surface area contributed by atoms with Crippen LogP contribution in [0.15, 0.2) is 53.5 Å². The summed E-state index contributed by atoms with van der Waals surface area (Å²) in [7, 11) is 0. The summed E-state index contributed by atoms with van der Waals surface area (Å²) in [5.74, 6) is -1.45. The zero-order valence-electron chi connectivity index (χ0n) is 14.3. The average Bonchev–Trinajstić information content (AvgIpc) is 2.89. The molecule has 0 aliphatic carbocycles. The van der Waals surface area contributed by atoms with E-state index < -0.39 is 5.97 Å². The minimum absolute atomic E-state index is 0.163. The van der Waals surface area contributed by atoms with Gasteiger partial charge in [-0.15, -0.1) is 0 Å². The van der Waals surface area contributed by atoms with E-state index in [4.69, 9.17) is 5.11 Å². The van der Waals surface area contributed by atoms with Crippen molar-refractivity contribution in [2.24, 2.45) is 4.99 Å². The Kier molecular flexibility index (Phi) is 5.13. The van der Waals surface area contributed by atoms with Crippen molar-refractivity contribution in [3.8, 4) is 11.4 Å². The van der Waals surface area contributed by atoms with Crippen LogP contribution >= 0.6 is 22.6 Å². The topological polar surface area (TPSA) is 74.8 Å². The fraction of sp³-hybridized carbons (Fsp3) is 0.100. The lowest BCUT2D eigenvalue weighted by atomic mass is 10.2. The van der Waals surface area contributed by atoms with Gasteiger partial charge in [0.05, 0.1) is 5.69 Å². The third-order valence-corrected chi connectivity index (χ3v) is 4.84. The number of aromatic hydroxyl groups is 1. The summed E-state index contributed by atoms with van der Waals surface area (Å²) >= 11 is 2.28. The lowest BCUT2D eigenvalue weighted by Gasteiger charge is -2.09. The van der Waals surface area contributed by atoms with Crippen molar-refractivity contribution in [1.29, 1.82) is 0 Å². The van der Waals surface area contributed by atoms with Gasteiger partial charge in [-0.05, 0) is 85.0 Å². The van der Waals surface area contributed by atoms with Crippen molar-refractivity contribution in [3.63, 3.8) is 0 Å². The number of benzene rings is 2. The van der Waals surface area contributed by atoms with Gasteiger partial charge in [-0.1, -0.05) is 0 Å². The van der Waals surface area contributed by atoms with E-state index in [0.29, 0.717) is 5.69 Å². The highest BCUT2D eigenvalue weighted by Crippen LogP contribution is 2.25. The number of aromatic carboxylic acids is 1. The number of hydrogen-bond donors (Lipinski definition) is 2. The zero-order chi connectivity index (χ0) is 18.8. The summed E-state index contributed by atoms with van der Waals surface area (Å²) < 4.78 is 3.33. The van der Waals surface area contributed by atoms with E-state index in [1.165, 1.54) is 15.7 Å². The van der Waals surface area contributed by atoms with Gasteiger partial charge in [0, 0.05) is 32.4 Å². The van der Waals surface area contributed by atoms with Gasteiger partial charge in [0.25, 0.3) is 0 Å². The molecule has 2 N–H and O–H groups in total. The van der Waals surface area contributed by atoms with Crippen molar-refractivity contribution >= 4 is 40.5 Å². The fourth-order valence-electron chi connectivity index (χ4n) is 2.83. The third kappa shape index (κ3) is 3.65. The summed E-state index contributed by atoms with van der Waals surface area (Å²) in [6.07, 6.45) is 1.71. The molecule has 0 saturated heterocycles. The summed E-state index contributed by atoms with van der Waals surface area (Å²) in [5.41, 5.74) is 4.47. The Morgan fingerprint density at radius 2 is 1.81 bits per heavy atom. The number of aryl methyl sites for hydroxylation is 1. The molecule has 0 saturated carbocycles. The van der Waals surface area contributed by atoms with Crippen LogP contribution in [-0.2, 0) is 0 Å². The molecule has 3 rings (SSSR count). The summed E-state index contributed by atoms with van der Waals surface area (Å²) in [6.45, 7) is 4.05. The average molecular weight is 460 g/mol. The molecule has 3 aromatic rings. The minimum Gasteiger partial charge on any atom is -0.507 e. The number of hydrogen-bond acceptors (Lipinski definition) is 3. The Labute approximate surface area is 164 Å². The molecule has 0 unspecified atom stereocenters. The minimum atomic E-state index is -1.18. The second-order valence-electron chi connectivity index (χ2n) is 5.90. The van der Waals surface area contributed by atoms with Gasteiger partial charge in [-0.3, -0.25) is 4.99 Å². The lowest BCUT2D eigenvalue weighted by molar-refractivity contribution is 0.0694. The van der Waals surface area contributed by atoms with Crippen LogP contribution in [0, 0.1) is 17.4 Å². The van der Waals surface area contributed by atoms with Crippen molar-refractivity contribution in [3.05, 3.63) is 74.6 Å². The Morgan fingerprint density at radius 3 is 2.46 bits per heavy atom. The van der Waals surface area contributed by atoms with Gasteiger partial charge < -0.3 is 14.8 Å². The zero-order valence-corrected chi connectivity index (χ0v) is 16.4. The van der Waals surface area contributed by atoms with E-state index >= 15 is 0 Å². The Hall–Kier alpha value is -2.61. The maximum absolute atomic E-state index is 11.1. The summed E-state index contributed by atoms with van der Waals surface area (Å²) in [5, 5.41) is 18.7. The molecule has 1 aromatic heterocycles. The van der Waals surface area contributed by atoms with Crippen molar-refractivity contribution in [2.45, 2.75) is 13.8 Å². The quantitative estimate of drug-likeness (QED) is 0.432. The molecule has 132 valence electrons. The summed E-state index contributed by atoms with van der Waals surface area (Å²) in [6, 6.07) is 14.6. The molecular formula is C20H17IN2O3. The van der Waals surface area contributed by atoms with E-state index in [-0.39, 0.29) is 11.3 Å². The molecule has 6 heteroatoms. The molecule has 0 spiro atoms. The molecule has 26 heavy (non-hydrogen) atoms. The summed E-state index contributed by atoms with van der Waals surface area (Å²) in [4.78, 5) is 15.5. The second-order valence-corrected chi connectivity index (χ2v) is 7.15. The highest BCUT2D eigenvalue weighted by molar-refractivity contribution is 14.1. The first-order chi connectivity index (χ1) is 12.4. The first-order valence-corrected chi connectivity index (χ1v) is 9.00. The van der Waals surface area contributed by atoms with Crippen LogP contribution in [0.2, 0.25) is 0 Å². The number of halogens is 1. The standard InChI is InChI=1S/C20H17IN2O3/c1-12-9-14(13(2)23(12)17-6-3-15(21)4-7-17)11-22-16-5-8-19(24)18(10-16)20(25)26/h3-11,24H,1-2H3,(H,25,26). The number of nitrogens with zero attached hydrogens (tertiary/aromatic N) is 2. The van der Waals surface area contributed by atoms with Gasteiger partial charge in [-0.2, -0.15) is 0 Å². The van der Waals surface area contributed by atoms with Gasteiger partial charge in [-0.25, -0.2) is 4.79 Å². The van der Waals surface area contributed by atoms with Crippen LogP contribution in [0.25, 0.3) is 5.69 Å². The molecule has 1 heterocycles. The molecule has 2 aromatic carbocycles. The largest absolute Gasteiger partial charge is 0.507 e. The molecule has 0 atom stereocenters. The highest BCUT2D eigenvalue weighted by Gasteiger charge is 2.11. The third-order valence-electron chi connectivity index (χ3n) is 4.12. The molecule has 0 aliphatic rings. The maximum Gasteiger partial charge on any atom is 0.339 e. The Bertz CT molecular complexity index is 1000. The van der Waals surface area contributed by atoms with Crippen LogP contribution in [0.1, 0.15) is 27.3 Å². The van der Waals surface area contributed by atoms with Gasteiger partial charge in [0.15, 0.2) is 0 Å². The van der Waals surface area contributed by atoms with Crippen molar-refractivity contribution in [1.82, 2.24) is 4.57 Å². The maximum atomic E-state index is 11.1. The predicted molar refractivity (Wildman–Crippen MR) is 110 cm³/mol. The van der Waals surface area contributed by atoms with Crippen LogP contribution in [0.4, 0.5) is 5.69 Å². The second kappa shape index (κ2) is 7.33. The number of carboxylic acid groups (broad SMARTS) is 1. The SMILES string of the molecule is Cc1cc(C=Nc2ccc(O)c(C(=O)O)c2)c(C)n1-c1ccc(I)cc1. The Morgan fingerprint density at radius 1 is 1.12 bits per heavy atom. The molecule has 5 nitrogen and oxygen atoms in total. The molecule has 0 fully saturated rings.